The summed E-state index contributed by atoms with van der Waals surface area (Å²) in [5.74, 6) is 0.159. The first kappa shape index (κ1) is 14.3. The zero-order valence-electron chi connectivity index (χ0n) is 10.9. The van der Waals surface area contributed by atoms with Crippen molar-refractivity contribution >= 4 is 12.0 Å². The number of unbranched alkanes of at least 4 members (excludes halogenated alkanes) is 3. The number of rotatable bonds is 7. The van der Waals surface area contributed by atoms with Crippen molar-refractivity contribution in [2.75, 3.05) is 6.54 Å². The Morgan fingerprint density at radius 3 is 2.61 bits per heavy atom. The summed E-state index contributed by atoms with van der Waals surface area (Å²) in [6.07, 6.45) is 7.88. The largest absolute Gasteiger partial charge is 0.508 e. The van der Waals surface area contributed by atoms with Crippen molar-refractivity contribution in [2.24, 2.45) is 0 Å². The van der Waals surface area contributed by atoms with Crippen LogP contribution in [0.15, 0.2) is 30.3 Å². The van der Waals surface area contributed by atoms with E-state index in [1.165, 1.54) is 25.3 Å². The summed E-state index contributed by atoms with van der Waals surface area (Å²) in [4.78, 5) is 11.5. The van der Waals surface area contributed by atoms with E-state index in [-0.39, 0.29) is 11.7 Å². The van der Waals surface area contributed by atoms with E-state index in [9.17, 15) is 4.79 Å². The fourth-order valence-electron chi connectivity index (χ4n) is 1.58. The van der Waals surface area contributed by atoms with E-state index in [1.54, 1.807) is 30.3 Å². The van der Waals surface area contributed by atoms with E-state index < -0.39 is 0 Å². The van der Waals surface area contributed by atoms with E-state index in [0.29, 0.717) is 0 Å². The molecular weight excluding hydrogens is 226 g/mol. The molecule has 0 fully saturated rings. The number of benzene rings is 1. The maximum absolute atomic E-state index is 11.5. The lowest BCUT2D eigenvalue weighted by Crippen LogP contribution is -2.21. The van der Waals surface area contributed by atoms with Gasteiger partial charge in [0, 0.05) is 12.6 Å². The predicted molar refractivity (Wildman–Crippen MR) is 74.3 cm³/mol. The molecule has 0 saturated carbocycles. The summed E-state index contributed by atoms with van der Waals surface area (Å²) < 4.78 is 0. The van der Waals surface area contributed by atoms with Gasteiger partial charge in [-0.25, -0.2) is 0 Å². The predicted octanol–water partition coefficient (Wildman–Crippen LogP) is 3.10. The van der Waals surface area contributed by atoms with E-state index in [1.807, 2.05) is 0 Å². The Morgan fingerprint density at radius 1 is 1.22 bits per heavy atom. The Bertz CT molecular complexity index is 382. The van der Waals surface area contributed by atoms with Gasteiger partial charge in [0.15, 0.2) is 0 Å². The normalized spacial score (nSPS) is 10.7. The molecule has 3 nitrogen and oxygen atoms in total. The SMILES string of the molecule is CCCCCCNC(=O)/C=C/c1ccc(O)cc1. The number of hydrogen-bond acceptors (Lipinski definition) is 2. The number of aromatic hydroxyl groups is 1. The molecule has 98 valence electrons. The summed E-state index contributed by atoms with van der Waals surface area (Å²) in [5, 5.41) is 12.0. The summed E-state index contributed by atoms with van der Waals surface area (Å²) >= 11 is 0. The second kappa shape index (κ2) is 8.34. The van der Waals surface area contributed by atoms with E-state index >= 15 is 0 Å². The number of carbonyl (C=O) groups excluding carboxylic acids is 1. The molecule has 1 amide bonds. The highest BCUT2D eigenvalue weighted by Gasteiger charge is 1.95. The van der Waals surface area contributed by atoms with Crippen molar-refractivity contribution < 1.29 is 9.90 Å². The molecule has 0 aromatic heterocycles. The van der Waals surface area contributed by atoms with Gasteiger partial charge in [-0.3, -0.25) is 4.79 Å². The van der Waals surface area contributed by atoms with Crippen molar-refractivity contribution in [3.05, 3.63) is 35.9 Å². The standard InChI is InChI=1S/C15H21NO2/c1-2-3-4-5-12-16-15(18)11-8-13-6-9-14(17)10-7-13/h6-11,17H,2-5,12H2,1H3,(H,16,18)/b11-8+. The average Bonchev–Trinajstić information content (AvgIpc) is 2.38. The van der Waals surface area contributed by atoms with Crippen molar-refractivity contribution in [3.63, 3.8) is 0 Å². The van der Waals surface area contributed by atoms with Crippen LogP contribution in [0, 0.1) is 0 Å². The van der Waals surface area contributed by atoms with Crippen LogP contribution >= 0.6 is 0 Å². The average molecular weight is 247 g/mol. The van der Waals surface area contributed by atoms with Crippen molar-refractivity contribution in [2.45, 2.75) is 32.6 Å². The molecule has 3 heteroatoms. The number of phenolic OH excluding ortho intramolecular Hbond substituents is 1. The maximum Gasteiger partial charge on any atom is 0.243 e. The van der Waals surface area contributed by atoms with Crippen molar-refractivity contribution in [3.8, 4) is 5.75 Å². The van der Waals surface area contributed by atoms with Gasteiger partial charge in [-0.1, -0.05) is 38.3 Å². The fourth-order valence-corrected chi connectivity index (χ4v) is 1.58. The first-order valence-corrected chi connectivity index (χ1v) is 6.47. The molecule has 0 radical (unpaired) electrons. The third-order valence-corrected chi connectivity index (χ3v) is 2.65. The Morgan fingerprint density at radius 2 is 1.94 bits per heavy atom. The minimum atomic E-state index is -0.0698. The number of phenols is 1. The molecule has 2 N–H and O–H groups in total. The third-order valence-electron chi connectivity index (χ3n) is 2.65. The van der Waals surface area contributed by atoms with Crippen molar-refractivity contribution in [1.82, 2.24) is 5.32 Å². The van der Waals surface area contributed by atoms with Gasteiger partial charge < -0.3 is 10.4 Å². The highest BCUT2D eigenvalue weighted by molar-refractivity contribution is 5.91. The molecule has 18 heavy (non-hydrogen) atoms. The fraction of sp³-hybridized carbons (Fsp3) is 0.400. The van der Waals surface area contributed by atoms with Crippen LogP contribution < -0.4 is 5.32 Å². The molecule has 0 atom stereocenters. The lowest BCUT2D eigenvalue weighted by Gasteiger charge is -2.01. The van der Waals surface area contributed by atoms with Crippen LogP contribution in [0.5, 0.6) is 5.75 Å². The summed E-state index contributed by atoms with van der Waals surface area (Å²) in [5.41, 5.74) is 0.897. The number of amides is 1. The topological polar surface area (TPSA) is 49.3 Å². The second-order valence-corrected chi connectivity index (χ2v) is 4.28. The van der Waals surface area contributed by atoms with Crippen LogP contribution in [0.2, 0.25) is 0 Å². The minimum Gasteiger partial charge on any atom is -0.508 e. The van der Waals surface area contributed by atoms with Gasteiger partial charge in [-0.05, 0) is 30.2 Å². The summed E-state index contributed by atoms with van der Waals surface area (Å²) in [7, 11) is 0. The molecule has 1 aromatic carbocycles. The van der Waals surface area contributed by atoms with Crippen LogP contribution in [0.1, 0.15) is 38.2 Å². The second-order valence-electron chi connectivity index (χ2n) is 4.28. The first-order chi connectivity index (χ1) is 8.72. The minimum absolute atomic E-state index is 0.0698. The van der Waals surface area contributed by atoms with Crippen LogP contribution in [-0.4, -0.2) is 17.6 Å². The molecule has 0 heterocycles. The van der Waals surface area contributed by atoms with Crippen molar-refractivity contribution in [1.29, 1.82) is 0 Å². The molecule has 0 aliphatic rings. The lowest BCUT2D eigenvalue weighted by molar-refractivity contribution is -0.116. The molecule has 0 aliphatic carbocycles. The number of hydrogen-bond donors (Lipinski definition) is 2. The Balaban J connectivity index is 2.25. The molecule has 0 spiro atoms. The number of nitrogens with one attached hydrogen (secondary N) is 1. The van der Waals surface area contributed by atoms with Gasteiger partial charge in [-0.2, -0.15) is 0 Å². The van der Waals surface area contributed by atoms with E-state index in [4.69, 9.17) is 5.11 Å². The highest BCUT2D eigenvalue weighted by atomic mass is 16.3. The van der Waals surface area contributed by atoms with E-state index in [0.717, 1.165) is 18.5 Å². The van der Waals surface area contributed by atoms with Crippen LogP contribution in [-0.2, 0) is 4.79 Å². The van der Waals surface area contributed by atoms with Gasteiger partial charge in [0.2, 0.25) is 5.91 Å². The van der Waals surface area contributed by atoms with Gasteiger partial charge >= 0.3 is 0 Å². The van der Waals surface area contributed by atoms with E-state index in [2.05, 4.69) is 12.2 Å². The molecule has 1 rings (SSSR count). The summed E-state index contributed by atoms with van der Waals surface area (Å²) in [6.45, 7) is 2.90. The third kappa shape index (κ3) is 6.09. The quantitative estimate of drug-likeness (QED) is 0.574. The highest BCUT2D eigenvalue weighted by Crippen LogP contribution is 2.10. The van der Waals surface area contributed by atoms with Crippen LogP contribution in [0.4, 0.5) is 0 Å². The first-order valence-electron chi connectivity index (χ1n) is 6.47. The van der Waals surface area contributed by atoms with Crippen LogP contribution in [0.25, 0.3) is 6.08 Å². The Labute approximate surface area is 109 Å². The molecule has 0 aliphatic heterocycles. The van der Waals surface area contributed by atoms with Gasteiger partial charge in [0.25, 0.3) is 0 Å². The monoisotopic (exact) mass is 247 g/mol. The Kier molecular flexibility index (Phi) is 6.62. The smallest absolute Gasteiger partial charge is 0.243 e. The zero-order valence-corrected chi connectivity index (χ0v) is 10.9. The molecule has 1 aromatic rings. The molecule has 0 unspecified atom stereocenters. The van der Waals surface area contributed by atoms with Gasteiger partial charge in [0.1, 0.15) is 5.75 Å². The van der Waals surface area contributed by atoms with Gasteiger partial charge in [0.05, 0.1) is 0 Å². The maximum atomic E-state index is 11.5. The number of carbonyl (C=O) groups is 1. The molecular formula is C15H21NO2. The van der Waals surface area contributed by atoms with Gasteiger partial charge in [-0.15, -0.1) is 0 Å². The molecule has 0 bridgehead atoms. The lowest BCUT2D eigenvalue weighted by atomic mass is 10.2. The zero-order chi connectivity index (χ0) is 13.2. The summed E-state index contributed by atoms with van der Waals surface area (Å²) in [6, 6.07) is 6.73. The van der Waals surface area contributed by atoms with Crippen LogP contribution in [0.3, 0.4) is 0 Å². The molecule has 0 saturated heterocycles. The Hall–Kier alpha value is -1.77.